The first-order valence-corrected chi connectivity index (χ1v) is 12.4. The molecule has 4 rings (SSSR count). The first-order chi connectivity index (χ1) is 17.0. The second kappa shape index (κ2) is 11.4. The Hall–Kier alpha value is -3.39. The first kappa shape index (κ1) is 24.7. The van der Waals surface area contributed by atoms with Crippen LogP contribution in [0.3, 0.4) is 0 Å². The van der Waals surface area contributed by atoms with Gasteiger partial charge in [-0.15, -0.1) is 0 Å². The van der Waals surface area contributed by atoms with Gasteiger partial charge in [-0.05, 0) is 64.4 Å². The molecule has 1 aromatic heterocycles. The van der Waals surface area contributed by atoms with Crippen LogP contribution in [0.1, 0.15) is 54.2 Å². The summed E-state index contributed by atoms with van der Waals surface area (Å²) in [5, 5.41) is 12.3. The summed E-state index contributed by atoms with van der Waals surface area (Å²) in [4.78, 5) is 26.5. The van der Waals surface area contributed by atoms with E-state index in [9.17, 15) is 14.9 Å². The van der Waals surface area contributed by atoms with Crippen molar-refractivity contribution in [3.63, 3.8) is 0 Å². The van der Waals surface area contributed by atoms with Gasteiger partial charge in [0.15, 0.2) is 0 Å². The van der Waals surface area contributed by atoms with Crippen LogP contribution >= 0.6 is 0 Å². The molecule has 0 spiro atoms. The van der Waals surface area contributed by atoms with E-state index < -0.39 is 5.97 Å². The van der Waals surface area contributed by atoms with Crippen LogP contribution in [-0.4, -0.2) is 53.2 Å². The van der Waals surface area contributed by atoms with Crippen molar-refractivity contribution in [1.82, 2.24) is 9.47 Å². The molecule has 0 atom stereocenters. The lowest BCUT2D eigenvalue weighted by atomic mass is 10.1. The molecule has 1 saturated heterocycles. The van der Waals surface area contributed by atoms with Crippen LogP contribution in [0.5, 0.6) is 5.75 Å². The minimum Gasteiger partial charge on any atom is -0.494 e. The largest absolute Gasteiger partial charge is 0.494 e. The van der Waals surface area contributed by atoms with Crippen molar-refractivity contribution >= 4 is 22.6 Å². The summed E-state index contributed by atoms with van der Waals surface area (Å²) in [6.45, 7) is 8.13. The lowest BCUT2D eigenvalue weighted by Crippen LogP contribution is -2.31. The van der Waals surface area contributed by atoms with Gasteiger partial charge in [-0.1, -0.05) is 24.6 Å². The van der Waals surface area contributed by atoms with E-state index in [0.717, 1.165) is 23.9 Å². The minimum atomic E-state index is -0.404. The molecular weight excluding hydrogens is 446 g/mol. The van der Waals surface area contributed by atoms with E-state index in [1.807, 2.05) is 29.7 Å². The van der Waals surface area contributed by atoms with E-state index in [2.05, 4.69) is 4.90 Å². The number of carbonyl (C=O) groups is 1. The molecule has 8 nitrogen and oxygen atoms in total. The summed E-state index contributed by atoms with van der Waals surface area (Å²) < 4.78 is 13.3. The maximum atomic E-state index is 12.9. The SMILES string of the molecule is CCOC(=O)c1c(C)n(Cc2ccccc2[N+](=O)[O-])c2ccc(OCCCN3CCCCC3)cc12. The minimum absolute atomic E-state index is 0.0556. The molecule has 0 saturated carbocycles. The average Bonchev–Trinajstić information content (AvgIpc) is 3.13. The fourth-order valence-electron chi connectivity index (χ4n) is 4.87. The number of hydrogen-bond donors (Lipinski definition) is 0. The maximum Gasteiger partial charge on any atom is 0.340 e. The zero-order valence-electron chi connectivity index (χ0n) is 20.5. The Morgan fingerprint density at radius 1 is 1.11 bits per heavy atom. The van der Waals surface area contributed by atoms with Crippen LogP contribution in [0.4, 0.5) is 5.69 Å². The number of rotatable bonds is 10. The van der Waals surface area contributed by atoms with Gasteiger partial charge in [0.05, 0.1) is 30.2 Å². The quantitative estimate of drug-likeness (QED) is 0.169. The second-order valence-corrected chi connectivity index (χ2v) is 8.94. The molecule has 0 amide bonds. The highest BCUT2D eigenvalue weighted by Crippen LogP contribution is 2.32. The highest BCUT2D eigenvalue weighted by Gasteiger charge is 2.23. The zero-order chi connectivity index (χ0) is 24.8. The Balaban J connectivity index is 1.60. The summed E-state index contributed by atoms with van der Waals surface area (Å²) in [7, 11) is 0. The molecule has 3 aromatic rings. The third-order valence-corrected chi connectivity index (χ3v) is 6.63. The summed E-state index contributed by atoms with van der Waals surface area (Å²) in [5.74, 6) is 0.295. The maximum absolute atomic E-state index is 12.9. The molecular formula is C27H33N3O5. The Labute approximate surface area is 205 Å². The number of benzene rings is 2. The Morgan fingerprint density at radius 3 is 2.63 bits per heavy atom. The van der Waals surface area contributed by atoms with Gasteiger partial charge in [0.1, 0.15) is 5.75 Å². The lowest BCUT2D eigenvalue weighted by Gasteiger charge is -2.26. The number of hydrogen-bond acceptors (Lipinski definition) is 6. The molecule has 1 fully saturated rings. The van der Waals surface area contributed by atoms with Gasteiger partial charge in [-0.3, -0.25) is 10.1 Å². The van der Waals surface area contributed by atoms with Crippen molar-refractivity contribution in [2.75, 3.05) is 32.8 Å². The molecule has 35 heavy (non-hydrogen) atoms. The molecule has 1 aliphatic heterocycles. The van der Waals surface area contributed by atoms with E-state index in [0.29, 0.717) is 29.2 Å². The van der Waals surface area contributed by atoms with Gasteiger partial charge in [0.25, 0.3) is 5.69 Å². The van der Waals surface area contributed by atoms with Crippen molar-refractivity contribution in [3.05, 3.63) is 69.4 Å². The summed E-state index contributed by atoms with van der Waals surface area (Å²) >= 11 is 0. The average molecular weight is 480 g/mol. The van der Waals surface area contributed by atoms with Crippen molar-refractivity contribution in [2.45, 2.75) is 46.1 Å². The van der Waals surface area contributed by atoms with E-state index in [1.165, 1.54) is 38.4 Å². The topological polar surface area (TPSA) is 86.8 Å². The number of piperidine rings is 1. The molecule has 2 heterocycles. The molecule has 0 aliphatic carbocycles. The Bertz CT molecular complexity index is 1200. The van der Waals surface area contributed by atoms with Crippen LogP contribution in [0.15, 0.2) is 42.5 Å². The standard InChI is InChI=1S/C27H33N3O5/c1-3-34-27(31)26-20(2)29(19-21-10-5-6-11-24(21)30(32)33)25-13-12-22(18-23(25)26)35-17-9-16-28-14-7-4-8-15-28/h5-6,10-13,18H,3-4,7-9,14-17,19H2,1-2H3. The van der Waals surface area contributed by atoms with Crippen LogP contribution in [0.25, 0.3) is 10.9 Å². The normalized spacial score (nSPS) is 14.2. The van der Waals surface area contributed by atoms with E-state index in [-0.39, 0.29) is 23.8 Å². The third kappa shape index (κ3) is 5.65. The first-order valence-electron chi connectivity index (χ1n) is 12.4. The van der Waals surface area contributed by atoms with Crippen molar-refractivity contribution in [3.8, 4) is 5.75 Å². The molecule has 186 valence electrons. The smallest absolute Gasteiger partial charge is 0.340 e. The lowest BCUT2D eigenvalue weighted by molar-refractivity contribution is -0.385. The fraction of sp³-hybridized carbons (Fsp3) is 0.444. The van der Waals surface area contributed by atoms with Gasteiger partial charge in [0, 0.05) is 34.8 Å². The van der Waals surface area contributed by atoms with Crippen LogP contribution in [0, 0.1) is 17.0 Å². The highest BCUT2D eigenvalue weighted by molar-refractivity contribution is 6.06. The Kier molecular flexibility index (Phi) is 8.02. The number of likely N-dealkylation sites (tertiary alicyclic amines) is 1. The van der Waals surface area contributed by atoms with Crippen LogP contribution in [-0.2, 0) is 11.3 Å². The number of nitro benzene ring substituents is 1. The highest BCUT2D eigenvalue weighted by atomic mass is 16.6. The Morgan fingerprint density at radius 2 is 1.89 bits per heavy atom. The van der Waals surface area contributed by atoms with Crippen LogP contribution < -0.4 is 4.74 Å². The van der Waals surface area contributed by atoms with Gasteiger partial charge < -0.3 is 18.9 Å². The van der Waals surface area contributed by atoms with Gasteiger partial charge >= 0.3 is 5.97 Å². The molecule has 0 radical (unpaired) electrons. The van der Waals surface area contributed by atoms with Crippen molar-refractivity contribution in [1.29, 1.82) is 0 Å². The molecule has 0 bridgehead atoms. The van der Waals surface area contributed by atoms with Crippen molar-refractivity contribution < 1.29 is 19.2 Å². The fourth-order valence-corrected chi connectivity index (χ4v) is 4.87. The third-order valence-electron chi connectivity index (χ3n) is 6.63. The molecule has 0 N–H and O–H groups in total. The molecule has 0 unspecified atom stereocenters. The number of fused-ring (bicyclic) bond motifs is 1. The number of nitrogens with zero attached hydrogens (tertiary/aromatic N) is 3. The monoisotopic (exact) mass is 479 g/mol. The van der Waals surface area contributed by atoms with E-state index >= 15 is 0 Å². The van der Waals surface area contributed by atoms with E-state index in [1.54, 1.807) is 25.1 Å². The molecule has 8 heteroatoms. The summed E-state index contributed by atoms with van der Waals surface area (Å²) in [5.41, 5.74) is 2.62. The number of ether oxygens (including phenoxy) is 2. The summed E-state index contributed by atoms with van der Waals surface area (Å²) in [6, 6.07) is 12.4. The number of carbonyl (C=O) groups excluding carboxylic acids is 1. The molecule has 2 aromatic carbocycles. The van der Waals surface area contributed by atoms with Gasteiger partial charge in [-0.25, -0.2) is 4.79 Å². The van der Waals surface area contributed by atoms with E-state index in [4.69, 9.17) is 9.47 Å². The molecule has 1 aliphatic rings. The predicted molar refractivity (Wildman–Crippen MR) is 135 cm³/mol. The number of nitro groups is 1. The number of para-hydroxylation sites is 1. The predicted octanol–water partition coefficient (Wildman–Crippen LogP) is 5.34. The zero-order valence-corrected chi connectivity index (χ0v) is 20.5. The second-order valence-electron chi connectivity index (χ2n) is 8.94. The van der Waals surface area contributed by atoms with Gasteiger partial charge in [0.2, 0.25) is 0 Å². The van der Waals surface area contributed by atoms with Gasteiger partial charge in [-0.2, -0.15) is 0 Å². The number of esters is 1. The number of aromatic nitrogens is 1. The summed E-state index contributed by atoms with van der Waals surface area (Å²) in [6.07, 6.45) is 4.82. The van der Waals surface area contributed by atoms with Crippen LogP contribution in [0.2, 0.25) is 0 Å². The van der Waals surface area contributed by atoms with Crippen molar-refractivity contribution in [2.24, 2.45) is 0 Å².